The fourth-order valence-electron chi connectivity index (χ4n) is 3.00. The van der Waals surface area contributed by atoms with Crippen LogP contribution in [0.3, 0.4) is 0 Å². The van der Waals surface area contributed by atoms with E-state index in [0.717, 1.165) is 15.0 Å². The molecule has 3 rings (SSSR count). The quantitative estimate of drug-likeness (QED) is 0.331. The molecule has 8 nitrogen and oxygen atoms in total. The van der Waals surface area contributed by atoms with Crippen molar-refractivity contribution in [2.45, 2.75) is 6.92 Å². The highest BCUT2D eigenvalue weighted by Gasteiger charge is 2.20. The summed E-state index contributed by atoms with van der Waals surface area (Å²) in [4.78, 5) is 24.8. The average molecular weight is 543 g/mol. The van der Waals surface area contributed by atoms with E-state index in [1.54, 1.807) is 79.7 Å². The topological polar surface area (TPSA) is 108 Å². The molecule has 3 aromatic rings. The van der Waals surface area contributed by atoms with Crippen molar-refractivity contribution in [3.63, 3.8) is 0 Å². The third-order valence-corrected chi connectivity index (χ3v) is 6.39. The Bertz CT molecular complexity index is 1310. The maximum atomic E-state index is 12.5. The Balaban J connectivity index is 1.68. The molecule has 0 aliphatic heterocycles. The number of carbonyl (C=O) groups is 2. The molecule has 0 spiro atoms. The number of nitrogens with zero attached hydrogens (tertiary/aromatic N) is 2. The first-order valence-corrected chi connectivity index (χ1v) is 12.8. The molecular weight excluding hydrogens is 520 g/mol. The van der Waals surface area contributed by atoms with E-state index in [-0.39, 0.29) is 5.91 Å². The maximum Gasteiger partial charge on any atom is 0.260 e. The second-order valence-electron chi connectivity index (χ2n) is 7.38. The number of anilines is 2. The largest absolute Gasteiger partial charge is 0.322 e. The van der Waals surface area contributed by atoms with Crippen LogP contribution in [0.2, 0.25) is 0 Å². The van der Waals surface area contributed by atoms with Gasteiger partial charge in [-0.2, -0.15) is 5.10 Å². The number of hydrogen-bond donors (Lipinski definition) is 2. The van der Waals surface area contributed by atoms with Gasteiger partial charge in [-0.05, 0) is 61.0 Å². The van der Waals surface area contributed by atoms with E-state index >= 15 is 0 Å². The van der Waals surface area contributed by atoms with Gasteiger partial charge in [0, 0.05) is 15.7 Å². The summed E-state index contributed by atoms with van der Waals surface area (Å²) in [6, 6.07) is 22.4. The zero-order valence-corrected chi connectivity index (χ0v) is 20.9. The number of amides is 2. The van der Waals surface area contributed by atoms with E-state index in [1.807, 2.05) is 6.07 Å². The molecule has 0 unspecified atom stereocenters. The highest BCUT2D eigenvalue weighted by atomic mass is 79.9. The molecule has 0 bridgehead atoms. The molecule has 10 heteroatoms. The van der Waals surface area contributed by atoms with Gasteiger partial charge in [-0.3, -0.25) is 13.9 Å². The van der Waals surface area contributed by atoms with Gasteiger partial charge in [-0.1, -0.05) is 46.3 Å². The van der Waals surface area contributed by atoms with Crippen molar-refractivity contribution >= 4 is 54.9 Å². The first kappa shape index (κ1) is 25.1. The van der Waals surface area contributed by atoms with Gasteiger partial charge in [0.15, 0.2) is 0 Å². The number of sulfonamides is 1. The number of halogens is 1. The molecule has 0 aliphatic carbocycles. The summed E-state index contributed by atoms with van der Waals surface area (Å²) in [5.74, 6) is -0.837. The van der Waals surface area contributed by atoms with Crippen LogP contribution in [0.1, 0.15) is 22.8 Å². The first-order valence-electron chi connectivity index (χ1n) is 10.2. The number of carbonyl (C=O) groups excluding carboxylic acids is 2. The Morgan fingerprint density at radius 3 is 2.24 bits per heavy atom. The highest BCUT2D eigenvalue weighted by molar-refractivity contribution is 9.10. The van der Waals surface area contributed by atoms with Crippen LogP contribution in [0.4, 0.5) is 11.4 Å². The van der Waals surface area contributed by atoms with Crippen LogP contribution in [0.15, 0.2) is 88.4 Å². The third-order valence-electron chi connectivity index (χ3n) is 4.72. The van der Waals surface area contributed by atoms with Crippen LogP contribution in [-0.2, 0) is 14.8 Å². The van der Waals surface area contributed by atoms with E-state index in [0.29, 0.717) is 28.2 Å². The number of rotatable bonds is 8. The van der Waals surface area contributed by atoms with Crippen LogP contribution in [-0.4, -0.2) is 38.7 Å². The van der Waals surface area contributed by atoms with Crippen molar-refractivity contribution in [2.75, 3.05) is 22.4 Å². The zero-order chi connectivity index (χ0) is 24.7. The molecule has 0 aliphatic rings. The van der Waals surface area contributed by atoms with Gasteiger partial charge in [-0.25, -0.2) is 13.8 Å². The van der Waals surface area contributed by atoms with Crippen molar-refractivity contribution in [1.29, 1.82) is 0 Å². The normalized spacial score (nSPS) is 11.6. The Hall–Kier alpha value is -3.50. The Labute approximate surface area is 206 Å². The Morgan fingerprint density at radius 1 is 0.941 bits per heavy atom. The van der Waals surface area contributed by atoms with Crippen molar-refractivity contribution in [1.82, 2.24) is 5.43 Å². The van der Waals surface area contributed by atoms with E-state index in [2.05, 4.69) is 31.8 Å². The minimum absolute atomic E-state index is 0.241. The Morgan fingerprint density at radius 2 is 1.59 bits per heavy atom. The van der Waals surface area contributed by atoms with Crippen molar-refractivity contribution in [3.8, 4) is 0 Å². The third kappa shape index (κ3) is 7.00. The molecule has 0 saturated carbocycles. The summed E-state index contributed by atoms with van der Waals surface area (Å²) in [7, 11) is -3.69. The van der Waals surface area contributed by atoms with Gasteiger partial charge in [0.2, 0.25) is 10.0 Å². The number of hydrazone groups is 1. The molecule has 0 heterocycles. The van der Waals surface area contributed by atoms with Gasteiger partial charge in [0.1, 0.15) is 6.54 Å². The van der Waals surface area contributed by atoms with E-state index in [9.17, 15) is 18.0 Å². The molecule has 0 saturated heterocycles. The van der Waals surface area contributed by atoms with Crippen molar-refractivity contribution in [3.05, 3.63) is 94.5 Å². The van der Waals surface area contributed by atoms with E-state index in [1.165, 1.54) is 0 Å². The van der Waals surface area contributed by atoms with Gasteiger partial charge < -0.3 is 5.32 Å². The lowest BCUT2D eigenvalue weighted by Gasteiger charge is -2.21. The summed E-state index contributed by atoms with van der Waals surface area (Å²) in [5.41, 5.74) is 5.03. The van der Waals surface area contributed by atoms with Gasteiger partial charge >= 0.3 is 0 Å². The molecule has 176 valence electrons. The summed E-state index contributed by atoms with van der Waals surface area (Å²) in [6.07, 6.45) is 1.03. The molecular formula is C24H23BrN4O4S. The molecule has 0 atom stereocenters. The van der Waals surface area contributed by atoms with Crippen molar-refractivity contribution in [2.24, 2.45) is 5.10 Å². The molecule has 2 N–H and O–H groups in total. The summed E-state index contributed by atoms with van der Waals surface area (Å²) >= 11 is 3.30. The standard InChI is InChI=1S/C24H23BrN4O4S/c1-17(19-9-6-10-21(15-19)26-24(31)18-7-4-3-5-8-18)27-28-23(30)16-29(34(2,32)33)22-13-11-20(25)12-14-22/h3-15H,16H2,1-2H3,(H,26,31)(H,28,30)/b27-17-. The molecule has 2 amide bonds. The molecule has 34 heavy (non-hydrogen) atoms. The van der Waals surface area contributed by atoms with Crippen LogP contribution >= 0.6 is 15.9 Å². The number of hydrogen-bond acceptors (Lipinski definition) is 5. The summed E-state index contributed by atoms with van der Waals surface area (Å²) < 4.78 is 26.2. The number of benzene rings is 3. The minimum atomic E-state index is -3.69. The second kappa shape index (κ2) is 11.1. The lowest BCUT2D eigenvalue weighted by Crippen LogP contribution is -2.39. The predicted molar refractivity (Wildman–Crippen MR) is 138 cm³/mol. The van der Waals surface area contributed by atoms with Gasteiger partial charge in [0.05, 0.1) is 17.7 Å². The summed E-state index contributed by atoms with van der Waals surface area (Å²) in [5, 5.41) is 6.92. The predicted octanol–water partition coefficient (Wildman–Crippen LogP) is 4.01. The lowest BCUT2D eigenvalue weighted by atomic mass is 10.1. The lowest BCUT2D eigenvalue weighted by molar-refractivity contribution is -0.119. The SMILES string of the molecule is C/C(=N/NC(=O)CN(c1ccc(Br)cc1)S(C)(=O)=O)c1cccc(NC(=O)c2ccccc2)c1. The molecule has 0 fully saturated rings. The van der Waals surface area contributed by atoms with Crippen LogP contribution in [0.5, 0.6) is 0 Å². The van der Waals surface area contributed by atoms with E-state index < -0.39 is 22.5 Å². The monoisotopic (exact) mass is 542 g/mol. The zero-order valence-electron chi connectivity index (χ0n) is 18.5. The number of nitrogens with one attached hydrogen (secondary N) is 2. The van der Waals surface area contributed by atoms with Crippen LogP contribution in [0, 0.1) is 0 Å². The van der Waals surface area contributed by atoms with Crippen molar-refractivity contribution < 1.29 is 18.0 Å². The van der Waals surface area contributed by atoms with Gasteiger partial charge in [-0.15, -0.1) is 0 Å². The summed E-state index contributed by atoms with van der Waals surface area (Å²) in [6.45, 7) is 1.27. The maximum absolute atomic E-state index is 12.5. The highest BCUT2D eigenvalue weighted by Crippen LogP contribution is 2.20. The average Bonchev–Trinajstić information content (AvgIpc) is 2.81. The molecule has 0 radical (unpaired) electrons. The Kier molecular flexibility index (Phi) is 8.19. The fraction of sp³-hybridized carbons (Fsp3) is 0.125. The molecule has 3 aromatic carbocycles. The van der Waals surface area contributed by atoms with Gasteiger partial charge in [0.25, 0.3) is 11.8 Å². The molecule has 0 aromatic heterocycles. The van der Waals surface area contributed by atoms with E-state index in [4.69, 9.17) is 0 Å². The fourth-order valence-corrected chi connectivity index (χ4v) is 4.12. The second-order valence-corrected chi connectivity index (χ2v) is 10.2. The smallest absolute Gasteiger partial charge is 0.260 e. The first-order chi connectivity index (χ1) is 16.1. The van der Waals surface area contributed by atoms with Crippen LogP contribution < -0.4 is 15.0 Å². The van der Waals surface area contributed by atoms with Crippen LogP contribution in [0.25, 0.3) is 0 Å². The minimum Gasteiger partial charge on any atom is -0.322 e.